The van der Waals surface area contributed by atoms with Crippen LogP contribution in [0.2, 0.25) is 0 Å². The number of anilines is 1. The van der Waals surface area contributed by atoms with E-state index in [0.29, 0.717) is 16.8 Å². The average molecular weight is 244 g/mol. The van der Waals surface area contributed by atoms with Gasteiger partial charge in [0.1, 0.15) is 0 Å². The van der Waals surface area contributed by atoms with Gasteiger partial charge in [-0.05, 0) is 26.0 Å². The maximum absolute atomic E-state index is 12.0. The molecule has 1 unspecified atom stereocenters. The summed E-state index contributed by atoms with van der Waals surface area (Å²) in [5.41, 5.74) is 0.140. The highest BCUT2D eigenvalue weighted by Gasteiger charge is 2.50. The Bertz CT molecular complexity index is 574. The molecule has 1 aromatic rings. The first-order valence-electron chi connectivity index (χ1n) is 5.57. The smallest absolute Gasteiger partial charge is 0.326 e. The van der Waals surface area contributed by atoms with Crippen LogP contribution < -0.4 is 5.32 Å². The largest absolute Gasteiger partial charge is 0.465 e. The third-order valence-electron chi connectivity index (χ3n) is 3.07. The molecule has 1 N–H and O–H groups in total. The van der Waals surface area contributed by atoms with Crippen molar-refractivity contribution in [2.75, 3.05) is 11.9 Å². The second-order valence-corrected chi connectivity index (χ2v) is 4.17. The Hall–Kier alpha value is -2.35. The summed E-state index contributed by atoms with van der Waals surface area (Å²) in [6.45, 7) is 3.43. The summed E-state index contributed by atoms with van der Waals surface area (Å²) >= 11 is 0. The highest BCUT2D eigenvalue weighted by atomic mass is 16.5. The SMILES string of the molecule is CCOC(=O)C1(C)C(=O)Nc2cc(C#N)ccc21. The highest BCUT2D eigenvalue weighted by molar-refractivity contribution is 6.19. The number of benzene rings is 1. The lowest BCUT2D eigenvalue weighted by Gasteiger charge is -2.19. The quantitative estimate of drug-likeness (QED) is 0.628. The zero-order chi connectivity index (χ0) is 13.3. The van der Waals surface area contributed by atoms with Crippen LogP contribution in [0.3, 0.4) is 0 Å². The lowest BCUT2D eigenvalue weighted by molar-refractivity contribution is -0.152. The Kier molecular flexibility index (Phi) is 2.79. The van der Waals surface area contributed by atoms with Gasteiger partial charge in [-0.15, -0.1) is 0 Å². The molecule has 1 aromatic carbocycles. The minimum Gasteiger partial charge on any atom is -0.465 e. The van der Waals surface area contributed by atoms with E-state index in [4.69, 9.17) is 10.00 Å². The average Bonchev–Trinajstić information content (AvgIpc) is 2.62. The van der Waals surface area contributed by atoms with Crippen molar-refractivity contribution in [2.45, 2.75) is 19.3 Å². The number of amides is 1. The number of carbonyl (C=O) groups is 2. The van der Waals surface area contributed by atoms with Crippen LogP contribution in [0.25, 0.3) is 0 Å². The van der Waals surface area contributed by atoms with Gasteiger partial charge in [-0.2, -0.15) is 5.26 Å². The third kappa shape index (κ3) is 1.54. The number of hydrogen-bond acceptors (Lipinski definition) is 4. The molecule has 5 heteroatoms. The number of rotatable bonds is 2. The monoisotopic (exact) mass is 244 g/mol. The molecule has 0 radical (unpaired) electrons. The van der Waals surface area contributed by atoms with E-state index in [1.807, 2.05) is 6.07 Å². The predicted molar refractivity (Wildman–Crippen MR) is 63.8 cm³/mol. The highest BCUT2D eigenvalue weighted by Crippen LogP contribution is 2.39. The summed E-state index contributed by atoms with van der Waals surface area (Å²) in [4.78, 5) is 23.9. The van der Waals surface area contributed by atoms with Gasteiger partial charge in [0.25, 0.3) is 0 Å². The molecule has 2 rings (SSSR count). The van der Waals surface area contributed by atoms with Gasteiger partial charge >= 0.3 is 5.97 Å². The molecule has 0 saturated carbocycles. The van der Waals surface area contributed by atoms with E-state index in [2.05, 4.69) is 5.32 Å². The number of carbonyl (C=O) groups excluding carboxylic acids is 2. The zero-order valence-corrected chi connectivity index (χ0v) is 10.1. The van der Waals surface area contributed by atoms with Gasteiger partial charge in [0.05, 0.1) is 18.2 Å². The molecule has 0 aromatic heterocycles. The number of nitrogens with zero attached hydrogens (tertiary/aromatic N) is 1. The van der Waals surface area contributed by atoms with Gasteiger partial charge in [-0.1, -0.05) is 6.07 Å². The Morgan fingerprint density at radius 3 is 2.89 bits per heavy atom. The van der Waals surface area contributed by atoms with E-state index in [1.54, 1.807) is 25.1 Å². The van der Waals surface area contributed by atoms with Crippen molar-refractivity contribution in [1.29, 1.82) is 5.26 Å². The van der Waals surface area contributed by atoms with Crippen LogP contribution in [0.15, 0.2) is 18.2 Å². The Balaban J connectivity index is 2.52. The van der Waals surface area contributed by atoms with Crippen molar-refractivity contribution < 1.29 is 14.3 Å². The molecule has 18 heavy (non-hydrogen) atoms. The molecule has 0 spiro atoms. The van der Waals surface area contributed by atoms with Gasteiger partial charge in [0, 0.05) is 11.3 Å². The molecule has 1 aliphatic rings. The summed E-state index contributed by atoms with van der Waals surface area (Å²) in [6.07, 6.45) is 0. The third-order valence-corrected chi connectivity index (χ3v) is 3.07. The maximum atomic E-state index is 12.0. The van der Waals surface area contributed by atoms with Crippen LogP contribution >= 0.6 is 0 Å². The van der Waals surface area contributed by atoms with E-state index < -0.39 is 17.3 Å². The van der Waals surface area contributed by atoms with Gasteiger partial charge < -0.3 is 10.1 Å². The van der Waals surface area contributed by atoms with E-state index >= 15 is 0 Å². The van der Waals surface area contributed by atoms with Crippen LogP contribution in [0.1, 0.15) is 25.0 Å². The van der Waals surface area contributed by atoms with Crippen molar-refractivity contribution in [2.24, 2.45) is 0 Å². The lowest BCUT2D eigenvalue weighted by Crippen LogP contribution is -2.40. The summed E-state index contributed by atoms with van der Waals surface area (Å²) < 4.78 is 4.95. The molecule has 0 bridgehead atoms. The van der Waals surface area contributed by atoms with Crippen LogP contribution in [-0.4, -0.2) is 18.5 Å². The topological polar surface area (TPSA) is 79.2 Å². The number of nitrogens with one attached hydrogen (secondary N) is 1. The Morgan fingerprint density at radius 2 is 2.28 bits per heavy atom. The lowest BCUT2D eigenvalue weighted by atomic mass is 9.83. The van der Waals surface area contributed by atoms with E-state index in [1.165, 1.54) is 6.92 Å². The standard InChI is InChI=1S/C13H12N2O3/c1-3-18-12(17)13(2)9-5-4-8(7-14)6-10(9)15-11(13)16/h4-6H,3H2,1-2H3,(H,15,16). The number of nitriles is 1. The second-order valence-electron chi connectivity index (χ2n) is 4.17. The summed E-state index contributed by atoms with van der Waals surface area (Å²) in [6, 6.07) is 6.73. The van der Waals surface area contributed by atoms with Crippen LogP contribution in [0.5, 0.6) is 0 Å². The van der Waals surface area contributed by atoms with Gasteiger partial charge in [0.2, 0.25) is 5.91 Å². The fourth-order valence-corrected chi connectivity index (χ4v) is 2.00. The molecule has 0 aliphatic carbocycles. The molecular formula is C13H12N2O3. The van der Waals surface area contributed by atoms with Crippen molar-refractivity contribution in [3.8, 4) is 6.07 Å². The van der Waals surface area contributed by atoms with E-state index in [9.17, 15) is 9.59 Å². The van der Waals surface area contributed by atoms with E-state index in [0.717, 1.165) is 0 Å². The molecule has 0 saturated heterocycles. The minimum atomic E-state index is -1.33. The van der Waals surface area contributed by atoms with Gasteiger partial charge in [-0.25, -0.2) is 0 Å². The summed E-state index contributed by atoms with van der Waals surface area (Å²) in [5.74, 6) is -1.00. The molecule has 1 aliphatic heterocycles. The zero-order valence-electron chi connectivity index (χ0n) is 10.1. The molecule has 5 nitrogen and oxygen atoms in total. The van der Waals surface area contributed by atoms with Crippen LogP contribution in [-0.2, 0) is 19.7 Å². The maximum Gasteiger partial charge on any atom is 0.326 e. The van der Waals surface area contributed by atoms with Crippen molar-refractivity contribution >= 4 is 17.6 Å². The normalized spacial score (nSPS) is 20.8. The van der Waals surface area contributed by atoms with Crippen LogP contribution in [0, 0.1) is 11.3 Å². The summed E-state index contributed by atoms with van der Waals surface area (Å²) in [7, 11) is 0. The predicted octanol–water partition coefficient (Wildman–Crippen LogP) is 1.33. The molecule has 1 amide bonds. The summed E-state index contributed by atoms with van der Waals surface area (Å²) in [5, 5.41) is 11.4. The minimum absolute atomic E-state index is 0.216. The fraction of sp³-hybridized carbons (Fsp3) is 0.308. The first kappa shape index (κ1) is 12.1. The Morgan fingerprint density at radius 1 is 1.56 bits per heavy atom. The molecule has 1 atom stereocenters. The molecule has 0 fully saturated rings. The van der Waals surface area contributed by atoms with Crippen molar-refractivity contribution in [3.05, 3.63) is 29.3 Å². The fourth-order valence-electron chi connectivity index (χ4n) is 2.00. The molecule has 92 valence electrons. The first-order valence-corrected chi connectivity index (χ1v) is 5.57. The van der Waals surface area contributed by atoms with Crippen LogP contribution in [0.4, 0.5) is 5.69 Å². The van der Waals surface area contributed by atoms with Gasteiger partial charge in [0.15, 0.2) is 5.41 Å². The number of fused-ring (bicyclic) bond motifs is 1. The van der Waals surface area contributed by atoms with Crippen molar-refractivity contribution in [1.82, 2.24) is 0 Å². The van der Waals surface area contributed by atoms with Crippen molar-refractivity contribution in [3.63, 3.8) is 0 Å². The number of ether oxygens (including phenoxy) is 1. The molecule has 1 heterocycles. The number of hydrogen-bond donors (Lipinski definition) is 1. The van der Waals surface area contributed by atoms with E-state index in [-0.39, 0.29) is 6.61 Å². The van der Waals surface area contributed by atoms with Gasteiger partial charge in [-0.3, -0.25) is 9.59 Å². The number of esters is 1. The Labute approximate surface area is 104 Å². The molecular weight excluding hydrogens is 232 g/mol. The first-order chi connectivity index (χ1) is 8.53. The second kappa shape index (κ2) is 4.15.